The molecule has 0 radical (unpaired) electrons. The summed E-state index contributed by atoms with van der Waals surface area (Å²) in [6.45, 7) is 2.76. The van der Waals surface area contributed by atoms with Gasteiger partial charge in [0.25, 0.3) is 5.91 Å². The molecule has 0 saturated heterocycles. The molecule has 0 saturated carbocycles. The van der Waals surface area contributed by atoms with Gasteiger partial charge in [-0.05, 0) is 25.5 Å². The molecule has 0 aliphatic carbocycles. The molecule has 7 nitrogen and oxygen atoms in total. The molecule has 1 N–H and O–H groups in total. The van der Waals surface area contributed by atoms with E-state index in [-0.39, 0.29) is 5.91 Å². The second-order valence-electron chi connectivity index (χ2n) is 5.40. The minimum atomic E-state index is -0.274. The Hall–Kier alpha value is -2.12. The van der Waals surface area contributed by atoms with Gasteiger partial charge in [-0.3, -0.25) is 9.48 Å². The predicted molar refractivity (Wildman–Crippen MR) is 100 cm³/mol. The fourth-order valence-corrected chi connectivity index (χ4v) is 2.88. The van der Waals surface area contributed by atoms with Gasteiger partial charge < -0.3 is 19.5 Å². The van der Waals surface area contributed by atoms with Crippen LogP contribution in [0.5, 0.6) is 17.2 Å². The highest BCUT2D eigenvalue weighted by molar-refractivity contribution is 6.41. The van der Waals surface area contributed by atoms with E-state index < -0.39 is 0 Å². The first-order valence-electron chi connectivity index (χ1n) is 7.90. The number of hydrogen-bond donors (Lipinski definition) is 1. The Balaban J connectivity index is 2.00. The van der Waals surface area contributed by atoms with Gasteiger partial charge in [-0.15, -0.1) is 0 Å². The van der Waals surface area contributed by atoms with Crippen molar-refractivity contribution in [3.8, 4) is 17.2 Å². The molecule has 9 heteroatoms. The first kappa shape index (κ1) is 20.2. The number of nitrogens with zero attached hydrogens (tertiary/aromatic N) is 2. The monoisotopic (exact) mass is 401 g/mol. The van der Waals surface area contributed by atoms with E-state index in [0.717, 1.165) is 0 Å². The highest BCUT2D eigenvalue weighted by Crippen LogP contribution is 2.39. The third kappa shape index (κ3) is 4.16. The number of hydrogen-bond acceptors (Lipinski definition) is 5. The second-order valence-corrected chi connectivity index (χ2v) is 6.14. The number of amides is 1. The minimum Gasteiger partial charge on any atom is -0.493 e. The smallest absolute Gasteiger partial charge is 0.255 e. The van der Waals surface area contributed by atoms with Crippen LogP contribution >= 0.6 is 23.2 Å². The van der Waals surface area contributed by atoms with E-state index in [1.54, 1.807) is 23.7 Å². The molecule has 1 amide bonds. The largest absolute Gasteiger partial charge is 0.493 e. The number of ether oxygens (including phenoxy) is 3. The van der Waals surface area contributed by atoms with Crippen molar-refractivity contribution >= 4 is 29.1 Å². The Morgan fingerprint density at radius 3 is 2.38 bits per heavy atom. The molecule has 26 heavy (non-hydrogen) atoms. The molecule has 0 fully saturated rings. The van der Waals surface area contributed by atoms with Crippen molar-refractivity contribution in [2.75, 3.05) is 27.9 Å². The van der Waals surface area contributed by atoms with E-state index >= 15 is 0 Å². The molecule has 0 aliphatic rings. The summed E-state index contributed by atoms with van der Waals surface area (Å²) in [5.74, 6) is 0.906. The van der Waals surface area contributed by atoms with Crippen LogP contribution in [0.2, 0.25) is 10.2 Å². The summed E-state index contributed by atoms with van der Waals surface area (Å²) >= 11 is 12.1. The first-order chi connectivity index (χ1) is 12.4. The summed E-state index contributed by atoms with van der Waals surface area (Å²) < 4.78 is 17.4. The number of aryl methyl sites for hydroxylation is 2. The van der Waals surface area contributed by atoms with Crippen LogP contribution in [0.15, 0.2) is 12.1 Å². The number of carbonyl (C=O) groups is 1. The number of rotatable bonds is 8. The van der Waals surface area contributed by atoms with Gasteiger partial charge in [0, 0.05) is 13.1 Å². The van der Waals surface area contributed by atoms with E-state index in [1.165, 1.54) is 21.3 Å². The van der Waals surface area contributed by atoms with Crippen LogP contribution in [0.1, 0.15) is 22.5 Å². The van der Waals surface area contributed by atoms with Crippen molar-refractivity contribution in [3.05, 3.63) is 33.6 Å². The summed E-state index contributed by atoms with van der Waals surface area (Å²) in [6, 6.07) is 3.29. The zero-order chi connectivity index (χ0) is 19.3. The normalized spacial score (nSPS) is 10.5. The molecule has 0 unspecified atom stereocenters. The fourth-order valence-electron chi connectivity index (χ4n) is 2.49. The fraction of sp³-hybridized carbons (Fsp3) is 0.412. The number of benzene rings is 1. The summed E-state index contributed by atoms with van der Waals surface area (Å²) in [4.78, 5) is 12.5. The number of halogens is 2. The van der Waals surface area contributed by atoms with Crippen molar-refractivity contribution in [2.45, 2.75) is 19.9 Å². The van der Waals surface area contributed by atoms with E-state index in [0.29, 0.717) is 58.2 Å². The molecule has 2 rings (SSSR count). The third-order valence-electron chi connectivity index (χ3n) is 3.78. The Kier molecular flexibility index (Phi) is 6.99. The molecule has 0 aliphatic heterocycles. The van der Waals surface area contributed by atoms with Crippen LogP contribution in [0.3, 0.4) is 0 Å². The first-order valence-corrected chi connectivity index (χ1v) is 8.65. The van der Waals surface area contributed by atoms with Gasteiger partial charge in [-0.25, -0.2) is 0 Å². The van der Waals surface area contributed by atoms with Gasteiger partial charge in [0.15, 0.2) is 11.5 Å². The maximum Gasteiger partial charge on any atom is 0.255 e. The Bertz CT molecular complexity index is 793. The molecular weight excluding hydrogens is 381 g/mol. The van der Waals surface area contributed by atoms with Gasteiger partial charge in [-0.1, -0.05) is 23.2 Å². The summed E-state index contributed by atoms with van der Waals surface area (Å²) in [5, 5.41) is 7.93. The van der Waals surface area contributed by atoms with Crippen molar-refractivity contribution < 1.29 is 19.0 Å². The van der Waals surface area contributed by atoms with Crippen molar-refractivity contribution in [3.63, 3.8) is 0 Å². The highest BCUT2D eigenvalue weighted by Gasteiger charge is 2.20. The van der Waals surface area contributed by atoms with Crippen LogP contribution in [-0.4, -0.2) is 43.6 Å². The lowest BCUT2D eigenvalue weighted by Crippen LogP contribution is -2.26. The number of nitrogens with one attached hydrogen (secondary N) is 1. The van der Waals surface area contributed by atoms with E-state index in [9.17, 15) is 4.79 Å². The molecule has 1 heterocycles. The topological polar surface area (TPSA) is 74.6 Å². The average molecular weight is 402 g/mol. The van der Waals surface area contributed by atoms with Crippen LogP contribution in [-0.2, 0) is 6.54 Å². The average Bonchev–Trinajstić information content (AvgIpc) is 2.90. The van der Waals surface area contributed by atoms with Gasteiger partial charge in [0.05, 0.1) is 32.6 Å². The maximum atomic E-state index is 12.5. The van der Waals surface area contributed by atoms with E-state index in [2.05, 4.69) is 10.4 Å². The summed E-state index contributed by atoms with van der Waals surface area (Å²) in [6.07, 6.45) is 0.637. The van der Waals surface area contributed by atoms with Crippen molar-refractivity contribution in [2.24, 2.45) is 0 Å². The van der Waals surface area contributed by atoms with Crippen molar-refractivity contribution in [1.29, 1.82) is 0 Å². The second kappa shape index (κ2) is 9.00. The lowest BCUT2D eigenvalue weighted by atomic mass is 10.1. The van der Waals surface area contributed by atoms with Gasteiger partial charge in [-0.2, -0.15) is 5.10 Å². The SMILES string of the molecule is COc1ccc(C(=O)NCCCn2nc(C)c(Cl)c2Cl)c(OC)c1OC. The summed E-state index contributed by atoms with van der Waals surface area (Å²) in [7, 11) is 4.48. The van der Waals surface area contributed by atoms with Crippen LogP contribution in [0.4, 0.5) is 0 Å². The maximum absolute atomic E-state index is 12.5. The number of carbonyl (C=O) groups excluding carboxylic acids is 1. The molecule has 1 aromatic carbocycles. The molecular formula is C17H21Cl2N3O4. The zero-order valence-corrected chi connectivity index (χ0v) is 16.6. The van der Waals surface area contributed by atoms with Crippen LogP contribution in [0, 0.1) is 6.92 Å². The lowest BCUT2D eigenvalue weighted by Gasteiger charge is -2.15. The lowest BCUT2D eigenvalue weighted by molar-refractivity contribution is 0.0949. The Morgan fingerprint density at radius 1 is 1.15 bits per heavy atom. The number of methoxy groups -OCH3 is 3. The van der Waals surface area contributed by atoms with E-state index in [4.69, 9.17) is 37.4 Å². The van der Waals surface area contributed by atoms with Crippen LogP contribution in [0.25, 0.3) is 0 Å². The predicted octanol–water partition coefficient (Wildman–Crippen LogP) is 3.34. The molecule has 2 aromatic rings. The molecule has 1 aromatic heterocycles. The van der Waals surface area contributed by atoms with E-state index in [1.807, 2.05) is 0 Å². The Morgan fingerprint density at radius 2 is 1.85 bits per heavy atom. The highest BCUT2D eigenvalue weighted by atomic mass is 35.5. The molecule has 0 spiro atoms. The standard InChI is InChI=1S/C17H21Cl2N3O4/c1-10-13(18)16(19)22(21-10)9-5-8-20-17(23)11-6-7-12(24-2)15(26-4)14(11)25-3/h6-7H,5,8-9H2,1-4H3,(H,20,23). The quantitative estimate of drug-likeness (QED) is 0.686. The number of aromatic nitrogens is 2. The minimum absolute atomic E-state index is 0.274. The Labute approximate surface area is 162 Å². The van der Waals surface area contributed by atoms with Gasteiger partial charge >= 0.3 is 0 Å². The van der Waals surface area contributed by atoms with Gasteiger partial charge in [0.1, 0.15) is 10.2 Å². The zero-order valence-electron chi connectivity index (χ0n) is 15.1. The van der Waals surface area contributed by atoms with Gasteiger partial charge in [0.2, 0.25) is 5.75 Å². The molecule has 0 bridgehead atoms. The van der Waals surface area contributed by atoms with Crippen LogP contribution < -0.4 is 19.5 Å². The molecule has 0 atom stereocenters. The third-order valence-corrected chi connectivity index (χ3v) is 4.71. The van der Waals surface area contributed by atoms with Crippen molar-refractivity contribution in [1.82, 2.24) is 15.1 Å². The molecule has 142 valence electrons. The summed E-state index contributed by atoms with van der Waals surface area (Å²) in [5.41, 5.74) is 1.04.